The van der Waals surface area contributed by atoms with Crippen molar-refractivity contribution in [2.75, 3.05) is 12.4 Å². The van der Waals surface area contributed by atoms with Gasteiger partial charge in [0.2, 0.25) is 0 Å². The quantitative estimate of drug-likeness (QED) is 0.721. The molecule has 3 heteroatoms. The van der Waals surface area contributed by atoms with Crippen molar-refractivity contribution < 1.29 is 4.39 Å². The van der Waals surface area contributed by atoms with Crippen LogP contribution in [-0.4, -0.2) is 12.0 Å². The zero-order valence-electron chi connectivity index (χ0n) is 7.21. The Morgan fingerprint density at radius 2 is 2.08 bits per heavy atom. The molecule has 1 aromatic heterocycles. The fourth-order valence-corrected chi connectivity index (χ4v) is 1.25. The second-order valence-electron chi connectivity index (χ2n) is 2.81. The Bertz CT molecular complexity index is 440. The molecule has 0 unspecified atom stereocenters. The summed E-state index contributed by atoms with van der Waals surface area (Å²) in [6.07, 6.45) is 1.72. The van der Waals surface area contributed by atoms with Crippen LogP contribution in [0.4, 0.5) is 10.2 Å². The molecule has 2 rings (SSSR count). The van der Waals surface area contributed by atoms with Crippen LogP contribution >= 0.6 is 0 Å². The Kier molecular flexibility index (Phi) is 1.85. The molecule has 0 fully saturated rings. The first-order valence-electron chi connectivity index (χ1n) is 4.02. The molecule has 0 spiro atoms. The number of pyridine rings is 1. The lowest BCUT2D eigenvalue weighted by Gasteiger charge is -2.01. The number of benzene rings is 1. The summed E-state index contributed by atoms with van der Waals surface area (Å²) in [6.45, 7) is 0. The molecular weight excluding hydrogens is 167 g/mol. The highest BCUT2D eigenvalue weighted by atomic mass is 19.1. The van der Waals surface area contributed by atoms with Crippen molar-refractivity contribution in [3.8, 4) is 0 Å². The van der Waals surface area contributed by atoms with Gasteiger partial charge < -0.3 is 5.32 Å². The number of hydrogen-bond acceptors (Lipinski definition) is 2. The van der Waals surface area contributed by atoms with Gasteiger partial charge in [-0.2, -0.15) is 0 Å². The van der Waals surface area contributed by atoms with Crippen LogP contribution in [0.2, 0.25) is 0 Å². The monoisotopic (exact) mass is 176 g/mol. The van der Waals surface area contributed by atoms with E-state index in [2.05, 4.69) is 10.3 Å². The van der Waals surface area contributed by atoms with Gasteiger partial charge >= 0.3 is 0 Å². The highest BCUT2D eigenvalue weighted by molar-refractivity contribution is 5.83. The number of nitrogens with one attached hydrogen (secondary N) is 1. The fraction of sp³-hybridized carbons (Fsp3) is 0.100. The maximum Gasteiger partial charge on any atom is 0.126 e. The van der Waals surface area contributed by atoms with E-state index in [0.29, 0.717) is 0 Å². The molecule has 2 nitrogen and oxygen atoms in total. The minimum absolute atomic E-state index is 0.222. The standard InChI is InChI=1S/C10H9FN2/c1-12-10-5-8-4-9(11)3-2-7(8)6-13-10/h2-6H,1H3,(H,12,13). The van der Waals surface area contributed by atoms with Gasteiger partial charge in [0.1, 0.15) is 11.6 Å². The normalized spacial score (nSPS) is 10.3. The van der Waals surface area contributed by atoms with Gasteiger partial charge in [-0.15, -0.1) is 0 Å². The van der Waals surface area contributed by atoms with E-state index in [4.69, 9.17) is 0 Å². The highest BCUT2D eigenvalue weighted by Crippen LogP contribution is 2.17. The predicted octanol–water partition coefficient (Wildman–Crippen LogP) is 2.42. The largest absolute Gasteiger partial charge is 0.373 e. The fourth-order valence-electron chi connectivity index (χ4n) is 1.25. The number of rotatable bonds is 1. The van der Waals surface area contributed by atoms with Gasteiger partial charge in [0.05, 0.1) is 0 Å². The molecule has 13 heavy (non-hydrogen) atoms. The molecule has 2 aromatic rings. The van der Waals surface area contributed by atoms with E-state index in [-0.39, 0.29) is 5.82 Å². The van der Waals surface area contributed by atoms with Gasteiger partial charge in [-0.25, -0.2) is 9.37 Å². The molecule has 1 heterocycles. The van der Waals surface area contributed by atoms with E-state index in [1.165, 1.54) is 12.1 Å². The summed E-state index contributed by atoms with van der Waals surface area (Å²) in [5.41, 5.74) is 0. The van der Waals surface area contributed by atoms with Crippen LogP contribution in [0.3, 0.4) is 0 Å². The van der Waals surface area contributed by atoms with Crippen LogP contribution in [-0.2, 0) is 0 Å². The Balaban J connectivity index is 2.68. The van der Waals surface area contributed by atoms with Crippen molar-refractivity contribution in [2.24, 2.45) is 0 Å². The van der Waals surface area contributed by atoms with Gasteiger partial charge in [-0.1, -0.05) is 0 Å². The van der Waals surface area contributed by atoms with E-state index < -0.39 is 0 Å². The van der Waals surface area contributed by atoms with Gasteiger partial charge in [0.15, 0.2) is 0 Å². The molecule has 0 saturated carbocycles. The highest BCUT2D eigenvalue weighted by Gasteiger charge is 1.97. The molecule has 66 valence electrons. The summed E-state index contributed by atoms with van der Waals surface area (Å²) in [4.78, 5) is 4.12. The number of nitrogens with zero attached hydrogens (tertiary/aromatic N) is 1. The predicted molar refractivity (Wildman–Crippen MR) is 51.2 cm³/mol. The second-order valence-corrected chi connectivity index (χ2v) is 2.81. The lowest BCUT2D eigenvalue weighted by Crippen LogP contribution is -1.91. The number of halogens is 1. The summed E-state index contributed by atoms with van der Waals surface area (Å²) in [7, 11) is 1.79. The summed E-state index contributed by atoms with van der Waals surface area (Å²) in [6, 6.07) is 6.47. The topological polar surface area (TPSA) is 24.9 Å². The Hall–Kier alpha value is -1.64. The summed E-state index contributed by atoms with van der Waals surface area (Å²) < 4.78 is 12.8. The average Bonchev–Trinajstić information content (AvgIpc) is 2.16. The average molecular weight is 176 g/mol. The zero-order valence-corrected chi connectivity index (χ0v) is 7.21. The first-order chi connectivity index (χ1) is 6.29. The summed E-state index contributed by atoms with van der Waals surface area (Å²) in [5.74, 6) is 0.527. The van der Waals surface area contributed by atoms with E-state index in [1.54, 1.807) is 19.3 Å². The molecule has 0 radical (unpaired) electrons. The van der Waals surface area contributed by atoms with Crippen LogP contribution in [0.25, 0.3) is 10.8 Å². The molecule has 0 aliphatic heterocycles. The minimum Gasteiger partial charge on any atom is -0.373 e. The molecular formula is C10H9FN2. The van der Waals surface area contributed by atoms with Crippen LogP contribution < -0.4 is 5.32 Å². The van der Waals surface area contributed by atoms with Gasteiger partial charge in [0.25, 0.3) is 0 Å². The van der Waals surface area contributed by atoms with Gasteiger partial charge in [-0.05, 0) is 29.7 Å². The molecule has 1 N–H and O–H groups in total. The molecule has 0 aliphatic carbocycles. The van der Waals surface area contributed by atoms with E-state index in [9.17, 15) is 4.39 Å². The van der Waals surface area contributed by atoms with Crippen molar-refractivity contribution in [2.45, 2.75) is 0 Å². The SMILES string of the molecule is CNc1cc2cc(F)ccc2cn1. The third kappa shape index (κ3) is 1.45. The van der Waals surface area contributed by atoms with Crippen molar-refractivity contribution in [1.82, 2.24) is 4.98 Å². The van der Waals surface area contributed by atoms with Gasteiger partial charge in [0, 0.05) is 18.6 Å². The summed E-state index contributed by atoms with van der Waals surface area (Å²) >= 11 is 0. The lowest BCUT2D eigenvalue weighted by molar-refractivity contribution is 0.630. The minimum atomic E-state index is -0.222. The molecule has 1 aromatic carbocycles. The van der Waals surface area contributed by atoms with E-state index >= 15 is 0 Å². The van der Waals surface area contributed by atoms with Crippen molar-refractivity contribution in [3.05, 3.63) is 36.3 Å². The van der Waals surface area contributed by atoms with Crippen LogP contribution in [0.15, 0.2) is 30.5 Å². The smallest absolute Gasteiger partial charge is 0.126 e. The van der Waals surface area contributed by atoms with Crippen molar-refractivity contribution >= 4 is 16.6 Å². The van der Waals surface area contributed by atoms with E-state index in [0.717, 1.165) is 16.6 Å². The zero-order chi connectivity index (χ0) is 9.26. The molecule has 0 amide bonds. The number of hydrogen-bond donors (Lipinski definition) is 1. The Morgan fingerprint density at radius 1 is 1.23 bits per heavy atom. The second kappa shape index (κ2) is 3.01. The van der Waals surface area contributed by atoms with Crippen molar-refractivity contribution in [1.29, 1.82) is 0 Å². The van der Waals surface area contributed by atoms with Crippen molar-refractivity contribution in [3.63, 3.8) is 0 Å². The molecule has 0 atom stereocenters. The lowest BCUT2D eigenvalue weighted by atomic mass is 10.2. The van der Waals surface area contributed by atoms with Crippen LogP contribution in [0.1, 0.15) is 0 Å². The molecule has 0 bridgehead atoms. The van der Waals surface area contributed by atoms with E-state index in [1.807, 2.05) is 6.07 Å². The first kappa shape index (κ1) is 7.98. The number of fused-ring (bicyclic) bond motifs is 1. The first-order valence-corrected chi connectivity index (χ1v) is 4.02. The third-order valence-corrected chi connectivity index (χ3v) is 1.94. The third-order valence-electron chi connectivity index (χ3n) is 1.94. The van der Waals surface area contributed by atoms with Gasteiger partial charge in [-0.3, -0.25) is 0 Å². The number of aromatic nitrogens is 1. The maximum atomic E-state index is 12.8. The molecule has 0 saturated heterocycles. The van der Waals surface area contributed by atoms with Crippen LogP contribution in [0, 0.1) is 5.82 Å². The summed E-state index contributed by atoms with van der Waals surface area (Å²) in [5, 5.41) is 4.71. The maximum absolute atomic E-state index is 12.8. The number of anilines is 1. The van der Waals surface area contributed by atoms with Crippen LogP contribution in [0.5, 0.6) is 0 Å². The Labute approximate surface area is 75.4 Å². The molecule has 0 aliphatic rings. The Morgan fingerprint density at radius 3 is 2.85 bits per heavy atom.